The van der Waals surface area contributed by atoms with E-state index >= 15 is 0 Å². The fraction of sp³-hybridized carbons (Fsp3) is 0.350. The highest BCUT2D eigenvalue weighted by Gasteiger charge is 2.33. The van der Waals surface area contributed by atoms with E-state index in [4.69, 9.17) is 14.2 Å². The van der Waals surface area contributed by atoms with E-state index in [9.17, 15) is 4.79 Å². The molecule has 1 fully saturated rings. The molecule has 0 spiro atoms. The number of benzene rings is 2. The van der Waals surface area contributed by atoms with Crippen LogP contribution in [0.5, 0.6) is 0 Å². The van der Waals surface area contributed by atoms with Crippen LogP contribution in [0.2, 0.25) is 0 Å². The van der Waals surface area contributed by atoms with Gasteiger partial charge in [-0.25, -0.2) is 0 Å². The number of rotatable bonds is 5. The van der Waals surface area contributed by atoms with Gasteiger partial charge in [0, 0.05) is 12.0 Å². The van der Waals surface area contributed by atoms with Gasteiger partial charge < -0.3 is 14.2 Å². The minimum absolute atomic E-state index is 0.107. The fourth-order valence-electron chi connectivity index (χ4n) is 2.89. The molecule has 4 heteroatoms. The second kappa shape index (κ2) is 8.08. The molecule has 2 aromatic rings. The molecule has 126 valence electrons. The molecule has 0 aromatic heterocycles. The van der Waals surface area contributed by atoms with Gasteiger partial charge in [0.05, 0.1) is 25.2 Å². The summed E-state index contributed by atoms with van der Waals surface area (Å²) in [6, 6.07) is 19.9. The minimum Gasteiger partial charge on any atom is -0.466 e. The van der Waals surface area contributed by atoms with E-state index in [0.29, 0.717) is 13.0 Å². The minimum atomic E-state index is -0.482. The molecule has 2 aromatic carbocycles. The Morgan fingerprint density at radius 1 is 1.00 bits per heavy atom. The summed E-state index contributed by atoms with van der Waals surface area (Å²) in [6.45, 7) is 2.19. The Bertz CT molecular complexity index is 594. The highest BCUT2D eigenvalue weighted by atomic mass is 16.7. The molecule has 1 heterocycles. The first kappa shape index (κ1) is 16.7. The van der Waals surface area contributed by atoms with Crippen molar-refractivity contribution in [3.8, 4) is 0 Å². The zero-order chi connectivity index (χ0) is 16.8. The lowest BCUT2D eigenvalue weighted by Gasteiger charge is -2.36. The summed E-state index contributed by atoms with van der Waals surface area (Å²) in [6.07, 6.45) is 0.0538. The van der Waals surface area contributed by atoms with Crippen LogP contribution in [0.4, 0.5) is 0 Å². The highest BCUT2D eigenvalue weighted by Crippen LogP contribution is 2.38. The summed E-state index contributed by atoms with van der Waals surface area (Å²) in [4.78, 5) is 11.9. The third-order valence-electron chi connectivity index (χ3n) is 4.02. The van der Waals surface area contributed by atoms with Crippen LogP contribution in [-0.2, 0) is 19.0 Å². The zero-order valence-electron chi connectivity index (χ0n) is 13.8. The molecule has 3 atom stereocenters. The molecule has 3 rings (SSSR count). The van der Waals surface area contributed by atoms with Gasteiger partial charge in [0.2, 0.25) is 0 Å². The summed E-state index contributed by atoms with van der Waals surface area (Å²) in [5, 5.41) is 0. The van der Waals surface area contributed by atoms with Crippen LogP contribution < -0.4 is 0 Å². The van der Waals surface area contributed by atoms with Crippen LogP contribution in [0.3, 0.4) is 0 Å². The Morgan fingerprint density at radius 2 is 1.62 bits per heavy atom. The average Bonchev–Trinajstić information content (AvgIpc) is 2.63. The fourth-order valence-corrected chi connectivity index (χ4v) is 2.89. The van der Waals surface area contributed by atoms with Gasteiger partial charge >= 0.3 is 5.97 Å². The van der Waals surface area contributed by atoms with Gasteiger partial charge in [-0.1, -0.05) is 60.7 Å². The standard InChI is InChI=1S/C20H22O4/c1-2-22-19(21)14-17-13-18(15-9-5-3-6-10-15)24-20(23-17)16-11-7-4-8-12-16/h3-12,17-18,20H,2,13-14H2,1H3/t17-,18+,20?/m0/s1. The van der Waals surface area contributed by atoms with Gasteiger partial charge in [-0.15, -0.1) is 0 Å². The lowest BCUT2D eigenvalue weighted by molar-refractivity contribution is -0.251. The Kier molecular flexibility index (Phi) is 5.62. The largest absolute Gasteiger partial charge is 0.466 e. The molecule has 24 heavy (non-hydrogen) atoms. The number of esters is 1. The number of hydrogen-bond donors (Lipinski definition) is 0. The van der Waals surface area contributed by atoms with Gasteiger partial charge in [-0.3, -0.25) is 4.79 Å². The van der Waals surface area contributed by atoms with Crippen molar-refractivity contribution in [1.82, 2.24) is 0 Å². The van der Waals surface area contributed by atoms with Crippen molar-refractivity contribution in [1.29, 1.82) is 0 Å². The van der Waals surface area contributed by atoms with Crippen LogP contribution in [-0.4, -0.2) is 18.7 Å². The van der Waals surface area contributed by atoms with Gasteiger partial charge in [-0.05, 0) is 12.5 Å². The van der Waals surface area contributed by atoms with Crippen molar-refractivity contribution < 1.29 is 19.0 Å². The second-order valence-corrected chi connectivity index (χ2v) is 5.78. The van der Waals surface area contributed by atoms with E-state index in [2.05, 4.69) is 0 Å². The Morgan fingerprint density at radius 3 is 2.25 bits per heavy atom. The maximum atomic E-state index is 11.9. The normalized spacial score (nSPS) is 23.6. The molecule has 0 saturated carbocycles. The number of carbonyl (C=O) groups excluding carboxylic acids is 1. The topological polar surface area (TPSA) is 44.8 Å². The van der Waals surface area contributed by atoms with E-state index in [1.54, 1.807) is 0 Å². The Balaban J connectivity index is 1.79. The van der Waals surface area contributed by atoms with Crippen LogP contribution in [0, 0.1) is 0 Å². The zero-order valence-corrected chi connectivity index (χ0v) is 13.8. The molecule has 1 unspecified atom stereocenters. The van der Waals surface area contributed by atoms with E-state index in [1.165, 1.54) is 0 Å². The highest BCUT2D eigenvalue weighted by molar-refractivity contribution is 5.69. The summed E-state index contributed by atoms with van der Waals surface area (Å²) in [7, 11) is 0. The van der Waals surface area contributed by atoms with Crippen LogP contribution in [0.1, 0.15) is 43.3 Å². The number of ether oxygens (including phenoxy) is 3. The van der Waals surface area contributed by atoms with E-state index in [0.717, 1.165) is 11.1 Å². The SMILES string of the molecule is CCOC(=O)C[C@@H]1C[C@H](c2ccccc2)OC(c2ccccc2)O1. The van der Waals surface area contributed by atoms with Gasteiger partial charge in [0.25, 0.3) is 0 Å². The van der Waals surface area contributed by atoms with E-state index < -0.39 is 6.29 Å². The number of hydrogen-bond acceptors (Lipinski definition) is 4. The monoisotopic (exact) mass is 326 g/mol. The van der Waals surface area contributed by atoms with Crippen molar-refractivity contribution in [3.05, 3.63) is 71.8 Å². The molecule has 0 amide bonds. The molecule has 0 bridgehead atoms. The molecule has 0 aliphatic carbocycles. The predicted octanol–water partition coefficient (Wildman–Crippen LogP) is 4.19. The van der Waals surface area contributed by atoms with E-state index in [-0.39, 0.29) is 24.6 Å². The lowest BCUT2D eigenvalue weighted by atomic mass is 9.99. The van der Waals surface area contributed by atoms with Crippen LogP contribution in [0.25, 0.3) is 0 Å². The van der Waals surface area contributed by atoms with Crippen molar-refractivity contribution in [2.45, 2.75) is 38.3 Å². The Hall–Kier alpha value is -2.17. The van der Waals surface area contributed by atoms with Gasteiger partial charge in [0.1, 0.15) is 0 Å². The third-order valence-corrected chi connectivity index (χ3v) is 4.02. The second-order valence-electron chi connectivity index (χ2n) is 5.78. The van der Waals surface area contributed by atoms with Gasteiger partial charge in [-0.2, -0.15) is 0 Å². The Labute approximate surface area is 142 Å². The molecule has 1 aliphatic rings. The first-order chi connectivity index (χ1) is 11.8. The molecule has 1 aliphatic heterocycles. The molecule has 4 nitrogen and oxygen atoms in total. The van der Waals surface area contributed by atoms with Crippen molar-refractivity contribution in [2.24, 2.45) is 0 Å². The summed E-state index contributed by atoms with van der Waals surface area (Å²) >= 11 is 0. The van der Waals surface area contributed by atoms with Gasteiger partial charge in [0.15, 0.2) is 6.29 Å². The molecule has 0 radical (unpaired) electrons. The quantitative estimate of drug-likeness (QED) is 0.773. The summed E-state index contributed by atoms with van der Waals surface area (Å²) in [5.41, 5.74) is 2.04. The molecule has 1 saturated heterocycles. The predicted molar refractivity (Wildman–Crippen MR) is 90.2 cm³/mol. The van der Waals surface area contributed by atoms with Crippen LogP contribution >= 0.6 is 0 Å². The van der Waals surface area contributed by atoms with Crippen LogP contribution in [0.15, 0.2) is 60.7 Å². The molecular weight excluding hydrogens is 304 g/mol. The first-order valence-electron chi connectivity index (χ1n) is 8.32. The maximum Gasteiger partial charge on any atom is 0.308 e. The molecular formula is C20H22O4. The van der Waals surface area contributed by atoms with E-state index in [1.807, 2.05) is 67.6 Å². The summed E-state index contributed by atoms with van der Waals surface area (Å²) in [5.74, 6) is -0.233. The smallest absolute Gasteiger partial charge is 0.308 e. The van der Waals surface area contributed by atoms with Crippen molar-refractivity contribution >= 4 is 5.97 Å². The third kappa shape index (κ3) is 4.22. The maximum absolute atomic E-state index is 11.9. The van der Waals surface area contributed by atoms with Crippen molar-refractivity contribution in [3.63, 3.8) is 0 Å². The lowest BCUT2D eigenvalue weighted by Crippen LogP contribution is -2.31. The molecule has 0 N–H and O–H groups in total. The first-order valence-corrected chi connectivity index (χ1v) is 8.32. The van der Waals surface area contributed by atoms with Crippen molar-refractivity contribution in [2.75, 3.05) is 6.61 Å². The number of carbonyl (C=O) groups is 1. The summed E-state index contributed by atoms with van der Waals surface area (Å²) < 4.78 is 17.2. The average molecular weight is 326 g/mol.